The fraction of sp³-hybridized carbons (Fsp3) is 0.333. The molecule has 4 heteroatoms. The maximum absolute atomic E-state index is 6.19. The van der Waals surface area contributed by atoms with Crippen LogP contribution >= 0.6 is 34.5 Å². The lowest BCUT2D eigenvalue weighted by Crippen LogP contribution is -2.20. The molecule has 0 bridgehead atoms. The van der Waals surface area contributed by atoms with Crippen LogP contribution in [0.5, 0.6) is 0 Å². The first-order valence-corrected chi connectivity index (χ1v) is 8.05. The Bertz CT molecular complexity index is 511. The maximum Gasteiger partial charge on any atom is 0.0465 e. The number of hydrogen-bond acceptors (Lipinski definition) is 2. The van der Waals surface area contributed by atoms with Crippen molar-refractivity contribution >= 4 is 34.5 Å². The molecule has 1 atom stereocenters. The molecule has 0 saturated heterocycles. The molecular weight excluding hydrogens is 297 g/mol. The molecule has 1 unspecified atom stereocenters. The van der Waals surface area contributed by atoms with Crippen molar-refractivity contribution in [2.24, 2.45) is 0 Å². The molecule has 1 heterocycles. The molecule has 1 nitrogen and oxygen atoms in total. The Morgan fingerprint density at radius 2 is 2.11 bits per heavy atom. The molecule has 102 valence electrons. The summed E-state index contributed by atoms with van der Waals surface area (Å²) in [5.41, 5.74) is 1.09. The van der Waals surface area contributed by atoms with Crippen LogP contribution in [0.3, 0.4) is 0 Å². The van der Waals surface area contributed by atoms with Gasteiger partial charge in [0, 0.05) is 27.5 Å². The van der Waals surface area contributed by atoms with E-state index < -0.39 is 0 Å². The summed E-state index contributed by atoms with van der Waals surface area (Å²) in [6.07, 6.45) is 2.29. The summed E-state index contributed by atoms with van der Waals surface area (Å²) in [4.78, 5) is 1.38. The molecule has 0 radical (unpaired) electrons. The fourth-order valence-corrected chi connectivity index (χ4v) is 3.33. The molecule has 0 spiro atoms. The van der Waals surface area contributed by atoms with Crippen LogP contribution in [0.4, 0.5) is 0 Å². The minimum atomic E-state index is 0.400. The van der Waals surface area contributed by atoms with Gasteiger partial charge in [-0.3, -0.25) is 0 Å². The first-order chi connectivity index (χ1) is 9.20. The van der Waals surface area contributed by atoms with Gasteiger partial charge in [-0.15, -0.1) is 11.3 Å². The third-order valence-electron chi connectivity index (χ3n) is 3.02. The number of thiophene rings is 1. The third kappa shape index (κ3) is 4.22. The lowest BCUT2D eigenvalue weighted by molar-refractivity contribution is 0.500. The number of rotatable bonds is 6. The minimum absolute atomic E-state index is 0.400. The summed E-state index contributed by atoms with van der Waals surface area (Å²) in [6, 6.07) is 10.3. The van der Waals surface area contributed by atoms with Gasteiger partial charge in [0.2, 0.25) is 0 Å². The molecule has 0 fully saturated rings. The second kappa shape index (κ2) is 7.30. The summed E-state index contributed by atoms with van der Waals surface area (Å²) >= 11 is 13.9. The zero-order valence-electron chi connectivity index (χ0n) is 10.8. The van der Waals surface area contributed by atoms with Crippen LogP contribution in [-0.2, 0) is 6.54 Å². The van der Waals surface area contributed by atoms with E-state index in [2.05, 4.69) is 29.8 Å². The number of nitrogens with one attached hydrogen (secondary N) is 1. The first kappa shape index (κ1) is 14.9. The van der Waals surface area contributed by atoms with E-state index in [4.69, 9.17) is 23.2 Å². The van der Waals surface area contributed by atoms with Crippen LogP contribution in [0.15, 0.2) is 35.7 Å². The van der Waals surface area contributed by atoms with Gasteiger partial charge in [0.1, 0.15) is 0 Å². The van der Waals surface area contributed by atoms with Crippen molar-refractivity contribution in [2.45, 2.75) is 32.4 Å². The van der Waals surface area contributed by atoms with Crippen molar-refractivity contribution in [3.63, 3.8) is 0 Å². The zero-order valence-corrected chi connectivity index (χ0v) is 13.2. The lowest BCUT2D eigenvalue weighted by Gasteiger charge is -2.17. The van der Waals surface area contributed by atoms with Crippen LogP contribution in [0, 0.1) is 0 Å². The Morgan fingerprint density at radius 3 is 2.74 bits per heavy atom. The average molecular weight is 314 g/mol. The summed E-state index contributed by atoms with van der Waals surface area (Å²) in [6.45, 7) is 2.97. The van der Waals surface area contributed by atoms with Crippen molar-refractivity contribution in [3.8, 4) is 0 Å². The van der Waals surface area contributed by atoms with Crippen molar-refractivity contribution in [1.82, 2.24) is 5.32 Å². The van der Waals surface area contributed by atoms with E-state index in [9.17, 15) is 0 Å². The molecule has 2 aromatic rings. The molecule has 0 aliphatic carbocycles. The summed E-state index contributed by atoms with van der Waals surface area (Å²) in [5, 5.41) is 7.10. The molecule has 1 N–H and O–H groups in total. The van der Waals surface area contributed by atoms with Crippen LogP contribution < -0.4 is 5.32 Å². The average Bonchev–Trinajstić information content (AvgIpc) is 2.90. The first-order valence-electron chi connectivity index (χ1n) is 6.41. The Balaban J connectivity index is 2.02. The van der Waals surface area contributed by atoms with E-state index in [1.807, 2.05) is 12.1 Å². The predicted octanol–water partition coefficient (Wildman–Crippen LogP) is 5.69. The van der Waals surface area contributed by atoms with Crippen LogP contribution in [0.25, 0.3) is 0 Å². The molecule has 0 aliphatic rings. The third-order valence-corrected chi connectivity index (χ3v) is 4.59. The second-order valence-corrected chi connectivity index (χ2v) is 6.30. The summed E-state index contributed by atoms with van der Waals surface area (Å²) in [5.74, 6) is 0. The molecule has 1 aromatic carbocycles. The van der Waals surface area contributed by atoms with E-state index in [1.165, 1.54) is 4.88 Å². The number of hydrogen-bond donors (Lipinski definition) is 1. The molecule has 0 amide bonds. The van der Waals surface area contributed by atoms with Crippen molar-refractivity contribution in [2.75, 3.05) is 0 Å². The normalized spacial score (nSPS) is 12.6. The highest BCUT2D eigenvalue weighted by Crippen LogP contribution is 2.25. The Labute approximate surface area is 128 Å². The molecule has 2 rings (SSSR count). The zero-order chi connectivity index (χ0) is 13.7. The van der Waals surface area contributed by atoms with Gasteiger partial charge in [0.25, 0.3) is 0 Å². The SMILES string of the molecule is CCCC(NCc1ccc(Cl)cc1Cl)c1cccs1. The largest absolute Gasteiger partial charge is 0.305 e. The molecule has 0 aliphatic heterocycles. The van der Waals surface area contributed by atoms with Gasteiger partial charge in [-0.1, -0.05) is 48.7 Å². The Hall–Kier alpha value is -0.540. The Morgan fingerprint density at radius 1 is 1.26 bits per heavy atom. The highest BCUT2D eigenvalue weighted by atomic mass is 35.5. The molecule has 1 aromatic heterocycles. The maximum atomic E-state index is 6.19. The van der Waals surface area contributed by atoms with Gasteiger partial charge >= 0.3 is 0 Å². The molecular formula is C15H17Cl2NS. The highest BCUT2D eigenvalue weighted by Gasteiger charge is 2.11. The standard InChI is InChI=1S/C15H17Cl2NS/c1-2-4-14(15-5-3-8-19-15)18-10-11-6-7-12(16)9-13(11)17/h3,5-9,14,18H,2,4,10H2,1H3. The fourth-order valence-electron chi connectivity index (χ4n) is 2.02. The quantitative estimate of drug-likeness (QED) is 0.722. The number of benzene rings is 1. The topological polar surface area (TPSA) is 12.0 Å². The van der Waals surface area contributed by atoms with Crippen molar-refractivity contribution < 1.29 is 0 Å². The van der Waals surface area contributed by atoms with Gasteiger partial charge in [-0.05, 0) is 35.6 Å². The molecule has 19 heavy (non-hydrogen) atoms. The van der Waals surface area contributed by atoms with Crippen LogP contribution in [0.1, 0.15) is 36.2 Å². The number of halogens is 2. The van der Waals surface area contributed by atoms with E-state index in [1.54, 1.807) is 17.4 Å². The van der Waals surface area contributed by atoms with Crippen LogP contribution in [-0.4, -0.2) is 0 Å². The van der Waals surface area contributed by atoms with E-state index in [0.717, 1.165) is 30.0 Å². The smallest absolute Gasteiger partial charge is 0.0465 e. The van der Waals surface area contributed by atoms with E-state index in [0.29, 0.717) is 11.1 Å². The summed E-state index contributed by atoms with van der Waals surface area (Å²) < 4.78 is 0. The Kier molecular flexibility index (Phi) is 5.71. The van der Waals surface area contributed by atoms with Crippen molar-refractivity contribution in [3.05, 3.63) is 56.2 Å². The highest BCUT2D eigenvalue weighted by molar-refractivity contribution is 7.10. The predicted molar refractivity (Wildman–Crippen MR) is 85.3 cm³/mol. The molecule has 0 saturated carbocycles. The van der Waals surface area contributed by atoms with Gasteiger partial charge < -0.3 is 5.32 Å². The lowest BCUT2D eigenvalue weighted by atomic mass is 10.1. The van der Waals surface area contributed by atoms with E-state index in [-0.39, 0.29) is 0 Å². The minimum Gasteiger partial charge on any atom is -0.305 e. The monoisotopic (exact) mass is 313 g/mol. The van der Waals surface area contributed by atoms with Gasteiger partial charge in [-0.2, -0.15) is 0 Å². The van der Waals surface area contributed by atoms with Gasteiger partial charge in [0.15, 0.2) is 0 Å². The van der Waals surface area contributed by atoms with Crippen molar-refractivity contribution in [1.29, 1.82) is 0 Å². The summed E-state index contributed by atoms with van der Waals surface area (Å²) in [7, 11) is 0. The van der Waals surface area contributed by atoms with Gasteiger partial charge in [-0.25, -0.2) is 0 Å². The second-order valence-electron chi connectivity index (χ2n) is 4.47. The van der Waals surface area contributed by atoms with Gasteiger partial charge in [0.05, 0.1) is 0 Å². The van der Waals surface area contributed by atoms with Crippen LogP contribution in [0.2, 0.25) is 10.0 Å². The van der Waals surface area contributed by atoms with E-state index >= 15 is 0 Å².